The number of hydrogen-bond acceptors (Lipinski definition) is 3. The van der Waals surface area contributed by atoms with E-state index in [0.29, 0.717) is 0 Å². The van der Waals surface area contributed by atoms with E-state index in [1.807, 2.05) is 0 Å². The molecule has 0 bridgehead atoms. The Bertz CT molecular complexity index is 1060. The summed E-state index contributed by atoms with van der Waals surface area (Å²) in [5, 5.41) is 3.57. The minimum absolute atomic E-state index is 0.916. The summed E-state index contributed by atoms with van der Waals surface area (Å²) in [4.78, 5) is 5.61. The number of rotatable bonds is 51. The van der Waals surface area contributed by atoms with Crippen LogP contribution in [0.25, 0.3) is 0 Å². The molecule has 66 heavy (non-hydrogen) atoms. The van der Waals surface area contributed by atoms with Crippen LogP contribution < -0.4 is 5.32 Å². The van der Waals surface area contributed by atoms with E-state index < -0.39 is 0 Å². The van der Waals surface area contributed by atoms with Gasteiger partial charge in [0, 0.05) is 39.3 Å². The fourth-order valence-corrected chi connectivity index (χ4v) is 9.52. The molecule has 0 aromatic carbocycles. The first-order valence-electron chi connectivity index (χ1n) is 29.8. The summed E-state index contributed by atoms with van der Waals surface area (Å²) in [7, 11) is 0. The van der Waals surface area contributed by atoms with Crippen molar-refractivity contribution in [3.63, 3.8) is 0 Å². The van der Waals surface area contributed by atoms with Crippen LogP contribution in [0.1, 0.15) is 271 Å². The first-order valence-corrected chi connectivity index (χ1v) is 29.8. The minimum atomic E-state index is 0.916. The van der Waals surface area contributed by atoms with Gasteiger partial charge in [0.25, 0.3) is 0 Å². The molecule has 1 saturated heterocycles. The summed E-state index contributed by atoms with van der Waals surface area (Å²) in [5.74, 6) is 0.916. The molecular weight excluding hydrogens is 799 g/mol. The molecule has 3 heteroatoms. The predicted octanol–water partition coefficient (Wildman–Crippen LogP) is 19.4. The highest BCUT2D eigenvalue weighted by Crippen LogP contribution is 2.23. The monoisotopic (exact) mass is 916 g/mol. The van der Waals surface area contributed by atoms with E-state index in [1.165, 1.54) is 270 Å². The molecule has 0 aromatic rings. The number of nitrogens with zero attached hydrogens (tertiary/aromatic N) is 2. The lowest BCUT2D eigenvalue weighted by molar-refractivity contribution is 0.177. The molecule has 0 atom stereocenters. The lowest BCUT2D eigenvalue weighted by Gasteiger charge is -2.31. The summed E-state index contributed by atoms with van der Waals surface area (Å²) in [6.07, 6.45) is 81.5. The molecule has 384 valence electrons. The van der Waals surface area contributed by atoms with E-state index in [9.17, 15) is 0 Å². The molecule has 1 heterocycles. The van der Waals surface area contributed by atoms with Gasteiger partial charge in [0.2, 0.25) is 0 Å². The van der Waals surface area contributed by atoms with Gasteiger partial charge in [-0.1, -0.05) is 235 Å². The van der Waals surface area contributed by atoms with Crippen LogP contribution in [0.4, 0.5) is 0 Å². The molecule has 0 amide bonds. The summed E-state index contributed by atoms with van der Waals surface area (Å²) in [6.45, 7) is 16.8. The lowest BCUT2D eigenvalue weighted by Crippen LogP contribution is -2.46. The third-order valence-electron chi connectivity index (χ3n) is 14.1. The first-order chi connectivity index (χ1) is 32.8. The summed E-state index contributed by atoms with van der Waals surface area (Å²) < 4.78 is 0. The summed E-state index contributed by atoms with van der Waals surface area (Å²) in [5.41, 5.74) is 0. The van der Waals surface area contributed by atoms with Crippen molar-refractivity contribution in [1.82, 2.24) is 15.1 Å². The lowest BCUT2D eigenvalue weighted by atomic mass is 9.91. The molecule has 1 rings (SSSR count). The Hall–Kier alpha value is -1.68. The van der Waals surface area contributed by atoms with Gasteiger partial charge >= 0.3 is 0 Å². The van der Waals surface area contributed by atoms with E-state index in [4.69, 9.17) is 0 Å². The molecule has 1 aliphatic heterocycles. The third-order valence-corrected chi connectivity index (χ3v) is 14.1. The predicted molar refractivity (Wildman–Crippen MR) is 301 cm³/mol. The van der Waals surface area contributed by atoms with Crippen molar-refractivity contribution in [3.05, 3.63) is 72.9 Å². The maximum Gasteiger partial charge on any atom is 0.0110 e. The van der Waals surface area contributed by atoms with E-state index >= 15 is 0 Å². The molecule has 0 aliphatic carbocycles. The highest BCUT2D eigenvalue weighted by molar-refractivity contribution is 4.94. The van der Waals surface area contributed by atoms with E-state index in [1.54, 1.807) is 0 Å². The Morgan fingerprint density at radius 2 is 0.682 bits per heavy atom. The average Bonchev–Trinajstić information content (AvgIpc) is 3.34. The molecule has 3 nitrogen and oxygen atoms in total. The van der Waals surface area contributed by atoms with Gasteiger partial charge < -0.3 is 10.2 Å². The normalized spacial score (nSPS) is 14.3. The van der Waals surface area contributed by atoms with Crippen molar-refractivity contribution in [1.29, 1.82) is 0 Å². The quantitative estimate of drug-likeness (QED) is 0.0485. The second-order valence-electron chi connectivity index (χ2n) is 20.4. The molecule has 1 fully saturated rings. The Morgan fingerprint density at radius 1 is 0.348 bits per heavy atom. The van der Waals surface area contributed by atoms with E-state index in [-0.39, 0.29) is 0 Å². The van der Waals surface area contributed by atoms with Crippen molar-refractivity contribution < 1.29 is 0 Å². The van der Waals surface area contributed by atoms with Crippen molar-refractivity contribution in [2.24, 2.45) is 5.92 Å². The van der Waals surface area contributed by atoms with Gasteiger partial charge in [0.15, 0.2) is 0 Å². The van der Waals surface area contributed by atoms with Gasteiger partial charge in [-0.15, -0.1) is 0 Å². The Labute approximate surface area is 415 Å². The van der Waals surface area contributed by atoms with Crippen LogP contribution >= 0.6 is 0 Å². The fourth-order valence-electron chi connectivity index (χ4n) is 9.52. The molecule has 0 radical (unpaired) electrons. The molecular formula is C63H117N3. The van der Waals surface area contributed by atoms with Crippen LogP contribution in [0.5, 0.6) is 0 Å². The standard InChI is InChI=1S/C63H117N3/c1-4-7-10-13-16-19-22-25-28-31-34-37-40-43-46-49-52-63(53-50-47-44-41-38-35-32-29-26-23-20-17-14-11-8-5-2)54-58-65(61-62-66-59-55-64-56-60-66)57-51-48-45-42-39-36-33-30-27-24-21-18-15-12-9-6-3/h16-21,25-30,63-64H,4-15,22-24,31-62H2,1-3H3/b19-16-,20-17-,21-18-,28-25-,29-26-,30-27-. The van der Waals surface area contributed by atoms with Crippen LogP contribution in [0.3, 0.4) is 0 Å². The number of hydrogen-bond donors (Lipinski definition) is 1. The van der Waals surface area contributed by atoms with Gasteiger partial charge in [0.05, 0.1) is 0 Å². The number of unbranched alkanes of at least 4 members (excludes halogenated alkanes) is 27. The number of allylic oxidation sites excluding steroid dienone is 12. The van der Waals surface area contributed by atoms with Gasteiger partial charge in [-0.2, -0.15) is 0 Å². The zero-order chi connectivity index (χ0) is 47.2. The third kappa shape index (κ3) is 47.4. The van der Waals surface area contributed by atoms with Gasteiger partial charge in [-0.05, 0) is 128 Å². The maximum atomic E-state index is 3.57. The van der Waals surface area contributed by atoms with Crippen molar-refractivity contribution in [3.8, 4) is 0 Å². The molecule has 0 unspecified atom stereocenters. The molecule has 1 N–H and O–H groups in total. The zero-order valence-electron chi connectivity index (χ0n) is 45.1. The van der Waals surface area contributed by atoms with Crippen LogP contribution in [-0.2, 0) is 0 Å². The smallest absolute Gasteiger partial charge is 0.0110 e. The van der Waals surface area contributed by atoms with Crippen LogP contribution in [0.15, 0.2) is 72.9 Å². The highest BCUT2D eigenvalue weighted by atomic mass is 15.2. The number of piperazine rings is 1. The van der Waals surface area contributed by atoms with E-state index in [2.05, 4.69) is 109 Å². The largest absolute Gasteiger partial charge is 0.314 e. The minimum Gasteiger partial charge on any atom is -0.314 e. The van der Waals surface area contributed by atoms with Gasteiger partial charge in [-0.3, -0.25) is 4.90 Å². The Morgan fingerprint density at radius 3 is 1.06 bits per heavy atom. The van der Waals surface area contributed by atoms with Crippen molar-refractivity contribution in [2.45, 2.75) is 271 Å². The Kier molecular flexibility index (Phi) is 51.3. The van der Waals surface area contributed by atoms with Crippen LogP contribution in [-0.4, -0.2) is 62.2 Å². The topological polar surface area (TPSA) is 18.5 Å². The van der Waals surface area contributed by atoms with Crippen LogP contribution in [0, 0.1) is 5.92 Å². The fraction of sp³-hybridized carbons (Fsp3) is 0.810. The summed E-state index contributed by atoms with van der Waals surface area (Å²) >= 11 is 0. The second kappa shape index (κ2) is 54.3. The van der Waals surface area contributed by atoms with Crippen molar-refractivity contribution >= 4 is 0 Å². The first kappa shape index (κ1) is 62.3. The molecule has 0 saturated carbocycles. The van der Waals surface area contributed by atoms with Gasteiger partial charge in [0.1, 0.15) is 0 Å². The van der Waals surface area contributed by atoms with Crippen LogP contribution in [0.2, 0.25) is 0 Å². The molecule has 1 aliphatic rings. The van der Waals surface area contributed by atoms with E-state index in [0.717, 1.165) is 38.3 Å². The maximum absolute atomic E-state index is 3.57. The highest BCUT2D eigenvalue weighted by Gasteiger charge is 2.15. The number of nitrogens with one attached hydrogen (secondary N) is 1. The Balaban J connectivity index is 2.48. The average molecular weight is 917 g/mol. The zero-order valence-corrected chi connectivity index (χ0v) is 45.1. The molecule has 0 aromatic heterocycles. The van der Waals surface area contributed by atoms with Gasteiger partial charge in [-0.25, -0.2) is 0 Å². The van der Waals surface area contributed by atoms with Crippen molar-refractivity contribution in [2.75, 3.05) is 52.4 Å². The second-order valence-corrected chi connectivity index (χ2v) is 20.4. The SMILES string of the molecule is CCCCC/C=C\C/C=C\CCCCCCCCC(CCCCCCCC/C=C\C/C=C\CCCCC)CCN(CCCCCCCC/C=C\C/C=C\CCCCC)CCN1CCNCC1. The summed E-state index contributed by atoms with van der Waals surface area (Å²) in [6, 6.07) is 0. The molecule has 0 spiro atoms.